The molecule has 0 unspecified atom stereocenters. The van der Waals surface area contributed by atoms with Crippen molar-refractivity contribution in [1.29, 1.82) is 0 Å². The molecule has 0 spiro atoms. The van der Waals surface area contributed by atoms with Crippen LogP contribution in [0.25, 0.3) is 0 Å². The van der Waals surface area contributed by atoms with Crippen molar-refractivity contribution in [3.8, 4) is 0 Å². The lowest BCUT2D eigenvalue weighted by atomic mass is 10.0. The SMILES string of the molecule is CCOC(=O)CNC(=O)[C@@H](OC(C)=O)[C@H](OC(C)=O)[C@@H](OC(C)=O)[C@H](COC(C)=O)OC(C)=O. The first-order valence-electron chi connectivity index (χ1n) is 10.0. The summed E-state index contributed by atoms with van der Waals surface area (Å²) < 4.78 is 29.8. The molecule has 14 heteroatoms. The molecule has 0 radical (unpaired) electrons. The van der Waals surface area contributed by atoms with E-state index in [9.17, 15) is 33.6 Å². The second kappa shape index (κ2) is 15.2. The molecule has 0 aliphatic carbocycles. The van der Waals surface area contributed by atoms with Crippen LogP contribution in [0.3, 0.4) is 0 Å². The lowest BCUT2D eigenvalue weighted by molar-refractivity contribution is -0.203. The standard InChI is InChI=1S/C20H29NO13/c1-7-29-16(27)8-21-20(28)19(34-14(6)26)18(33-13(5)25)17(32-12(4)24)15(31-11(3)23)9-30-10(2)22/h15,17-19H,7-9H2,1-6H3,(H,21,28)/t15-,17-,18+,19-/m0/s1. The van der Waals surface area contributed by atoms with Gasteiger partial charge in [0, 0.05) is 34.6 Å². The van der Waals surface area contributed by atoms with Crippen molar-refractivity contribution in [2.75, 3.05) is 19.8 Å². The van der Waals surface area contributed by atoms with Crippen LogP contribution in [-0.2, 0) is 62.0 Å². The summed E-state index contributed by atoms with van der Waals surface area (Å²) in [6.07, 6.45) is -7.21. The number of nitrogens with one attached hydrogen (secondary N) is 1. The van der Waals surface area contributed by atoms with Gasteiger partial charge in [-0.2, -0.15) is 0 Å². The van der Waals surface area contributed by atoms with Gasteiger partial charge in [0.1, 0.15) is 13.2 Å². The van der Waals surface area contributed by atoms with Gasteiger partial charge in [-0.05, 0) is 6.92 Å². The van der Waals surface area contributed by atoms with E-state index in [1.165, 1.54) is 0 Å². The van der Waals surface area contributed by atoms with E-state index < -0.39 is 79.3 Å². The Hall–Kier alpha value is -3.71. The van der Waals surface area contributed by atoms with E-state index in [2.05, 4.69) is 5.32 Å². The summed E-state index contributed by atoms with van der Waals surface area (Å²) >= 11 is 0. The second-order valence-corrected chi connectivity index (χ2v) is 6.65. The molecule has 192 valence electrons. The summed E-state index contributed by atoms with van der Waals surface area (Å²) in [5.74, 6) is -6.58. The molecule has 4 atom stereocenters. The van der Waals surface area contributed by atoms with Gasteiger partial charge < -0.3 is 33.7 Å². The van der Waals surface area contributed by atoms with Gasteiger partial charge in [-0.3, -0.25) is 33.6 Å². The van der Waals surface area contributed by atoms with Crippen LogP contribution in [0.5, 0.6) is 0 Å². The van der Waals surface area contributed by atoms with E-state index >= 15 is 0 Å². The van der Waals surface area contributed by atoms with Crippen LogP contribution < -0.4 is 5.32 Å². The molecule has 0 aromatic heterocycles. The zero-order valence-electron chi connectivity index (χ0n) is 19.7. The van der Waals surface area contributed by atoms with E-state index in [4.69, 9.17) is 28.4 Å². The Bertz CT molecular complexity index is 778. The van der Waals surface area contributed by atoms with E-state index in [-0.39, 0.29) is 6.61 Å². The maximum Gasteiger partial charge on any atom is 0.325 e. The third-order valence-electron chi connectivity index (χ3n) is 3.62. The van der Waals surface area contributed by atoms with Gasteiger partial charge in [-0.15, -0.1) is 0 Å². The first-order chi connectivity index (χ1) is 15.8. The number of carbonyl (C=O) groups is 7. The van der Waals surface area contributed by atoms with Gasteiger partial charge in [0.15, 0.2) is 18.3 Å². The molecular formula is C20H29NO13. The van der Waals surface area contributed by atoms with Crippen molar-refractivity contribution < 1.29 is 62.0 Å². The molecular weight excluding hydrogens is 462 g/mol. The lowest BCUT2D eigenvalue weighted by Gasteiger charge is -2.34. The monoisotopic (exact) mass is 491 g/mol. The van der Waals surface area contributed by atoms with Gasteiger partial charge in [0.25, 0.3) is 5.91 Å². The maximum atomic E-state index is 12.8. The van der Waals surface area contributed by atoms with Crippen LogP contribution in [0.4, 0.5) is 0 Å². The predicted octanol–water partition coefficient (Wildman–Crippen LogP) is -1.04. The van der Waals surface area contributed by atoms with Crippen molar-refractivity contribution in [3.63, 3.8) is 0 Å². The van der Waals surface area contributed by atoms with Crippen LogP contribution in [0.15, 0.2) is 0 Å². The summed E-state index contributed by atoms with van der Waals surface area (Å²) in [6, 6.07) is 0. The number of rotatable bonds is 13. The minimum Gasteiger partial charge on any atom is -0.465 e. The molecule has 0 rings (SSSR count). The highest BCUT2D eigenvalue weighted by Gasteiger charge is 2.47. The van der Waals surface area contributed by atoms with Crippen molar-refractivity contribution in [1.82, 2.24) is 5.32 Å². The third-order valence-corrected chi connectivity index (χ3v) is 3.62. The minimum absolute atomic E-state index is 0.0346. The third kappa shape index (κ3) is 12.4. The molecule has 34 heavy (non-hydrogen) atoms. The number of esters is 6. The molecule has 0 aromatic rings. The number of carbonyl (C=O) groups excluding carboxylic acids is 7. The average molecular weight is 491 g/mol. The molecule has 0 aliphatic heterocycles. The van der Waals surface area contributed by atoms with E-state index in [1.54, 1.807) is 6.92 Å². The van der Waals surface area contributed by atoms with Crippen molar-refractivity contribution in [2.45, 2.75) is 66.0 Å². The zero-order valence-corrected chi connectivity index (χ0v) is 19.7. The summed E-state index contributed by atoms with van der Waals surface area (Å²) in [6.45, 7) is 5.20. The van der Waals surface area contributed by atoms with Crippen molar-refractivity contribution in [2.24, 2.45) is 0 Å². The van der Waals surface area contributed by atoms with Gasteiger partial charge in [0.2, 0.25) is 6.10 Å². The average Bonchev–Trinajstić information content (AvgIpc) is 2.69. The van der Waals surface area contributed by atoms with Gasteiger partial charge in [-0.1, -0.05) is 0 Å². The fourth-order valence-electron chi connectivity index (χ4n) is 2.57. The molecule has 0 aliphatic rings. The van der Waals surface area contributed by atoms with Crippen LogP contribution >= 0.6 is 0 Å². The number of hydrogen-bond acceptors (Lipinski definition) is 13. The molecule has 14 nitrogen and oxygen atoms in total. The van der Waals surface area contributed by atoms with Gasteiger partial charge in [-0.25, -0.2) is 0 Å². The number of ether oxygens (including phenoxy) is 6. The highest BCUT2D eigenvalue weighted by molar-refractivity contribution is 5.87. The quantitative estimate of drug-likeness (QED) is 0.243. The summed E-state index contributed by atoms with van der Waals surface area (Å²) in [4.78, 5) is 82.6. The van der Waals surface area contributed by atoms with Crippen molar-refractivity contribution >= 4 is 41.7 Å². The van der Waals surface area contributed by atoms with E-state index in [0.717, 1.165) is 34.6 Å². The molecule has 0 heterocycles. The Balaban J connectivity index is 6.35. The highest BCUT2D eigenvalue weighted by Crippen LogP contribution is 2.20. The molecule has 0 aromatic carbocycles. The van der Waals surface area contributed by atoms with Gasteiger partial charge in [0.05, 0.1) is 6.61 Å². The Kier molecular flexibility index (Phi) is 13.5. The van der Waals surface area contributed by atoms with Crippen LogP contribution in [0, 0.1) is 0 Å². The summed E-state index contributed by atoms with van der Waals surface area (Å²) in [7, 11) is 0. The Morgan fingerprint density at radius 3 is 1.59 bits per heavy atom. The fourth-order valence-corrected chi connectivity index (χ4v) is 2.57. The van der Waals surface area contributed by atoms with Gasteiger partial charge >= 0.3 is 35.8 Å². The first kappa shape index (κ1) is 30.3. The molecule has 1 N–H and O–H groups in total. The summed E-state index contributed by atoms with van der Waals surface area (Å²) in [5, 5.41) is 2.15. The first-order valence-corrected chi connectivity index (χ1v) is 10.0. The molecule has 0 saturated heterocycles. The Morgan fingerprint density at radius 2 is 1.15 bits per heavy atom. The second-order valence-electron chi connectivity index (χ2n) is 6.65. The zero-order chi connectivity index (χ0) is 26.4. The largest absolute Gasteiger partial charge is 0.465 e. The molecule has 0 fully saturated rings. The maximum absolute atomic E-state index is 12.8. The molecule has 0 bridgehead atoms. The van der Waals surface area contributed by atoms with E-state index in [0.29, 0.717) is 0 Å². The normalized spacial score (nSPS) is 13.7. The minimum atomic E-state index is -1.98. The highest BCUT2D eigenvalue weighted by atomic mass is 16.6. The lowest BCUT2D eigenvalue weighted by Crippen LogP contribution is -2.57. The smallest absolute Gasteiger partial charge is 0.325 e. The predicted molar refractivity (Wildman–Crippen MR) is 108 cm³/mol. The number of amides is 1. The molecule has 1 amide bonds. The van der Waals surface area contributed by atoms with Crippen LogP contribution in [-0.4, -0.2) is 85.9 Å². The number of hydrogen-bond donors (Lipinski definition) is 1. The Labute approximate surface area is 195 Å². The van der Waals surface area contributed by atoms with Crippen molar-refractivity contribution in [3.05, 3.63) is 0 Å². The fraction of sp³-hybridized carbons (Fsp3) is 0.650. The Morgan fingerprint density at radius 1 is 0.647 bits per heavy atom. The van der Waals surface area contributed by atoms with Crippen LogP contribution in [0.2, 0.25) is 0 Å². The van der Waals surface area contributed by atoms with E-state index in [1.807, 2.05) is 0 Å². The molecule has 0 saturated carbocycles. The topological polar surface area (TPSA) is 187 Å². The summed E-state index contributed by atoms with van der Waals surface area (Å²) in [5.41, 5.74) is 0. The van der Waals surface area contributed by atoms with Crippen LogP contribution in [0.1, 0.15) is 41.5 Å².